The topological polar surface area (TPSA) is 15.8 Å². The minimum atomic E-state index is 0.328. The predicted octanol–water partition coefficient (Wildman–Crippen LogP) is 0.871. The second kappa shape index (κ2) is 2.21. The van der Waals surface area contributed by atoms with Crippen LogP contribution < -0.4 is 0 Å². The number of epoxide rings is 1. The van der Waals surface area contributed by atoms with Crippen LogP contribution in [0.1, 0.15) is 19.8 Å². The van der Waals surface area contributed by atoms with E-state index >= 15 is 0 Å². The lowest BCUT2D eigenvalue weighted by Crippen LogP contribution is -2.40. The highest BCUT2D eigenvalue weighted by Crippen LogP contribution is 2.35. The highest BCUT2D eigenvalue weighted by atomic mass is 16.6. The van der Waals surface area contributed by atoms with Crippen molar-refractivity contribution in [2.45, 2.75) is 25.4 Å². The van der Waals surface area contributed by atoms with Gasteiger partial charge in [0.05, 0.1) is 6.61 Å². The lowest BCUT2D eigenvalue weighted by molar-refractivity contribution is 0.140. The van der Waals surface area contributed by atoms with Crippen LogP contribution in [-0.4, -0.2) is 36.7 Å². The SMILES string of the molecule is CCN1CCCC2(CO2)C1. The van der Waals surface area contributed by atoms with Gasteiger partial charge in [-0.2, -0.15) is 0 Å². The van der Waals surface area contributed by atoms with Crippen molar-refractivity contribution in [3.63, 3.8) is 0 Å². The first-order chi connectivity index (χ1) is 4.85. The molecule has 0 amide bonds. The van der Waals surface area contributed by atoms with Crippen LogP contribution in [0, 0.1) is 0 Å². The molecule has 2 heteroatoms. The molecule has 1 atom stereocenters. The summed E-state index contributed by atoms with van der Waals surface area (Å²) in [7, 11) is 0. The maximum Gasteiger partial charge on any atom is 0.104 e. The summed E-state index contributed by atoms with van der Waals surface area (Å²) in [6, 6.07) is 0. The Morgan fingerprint density at radius 2 is 2.40 bits per heavy atom. The highest BCUT2D eigenvalue weighted by molar-refractivity contribution is 4.97. The molecule has 2 rings (SSSR count). The minimum absolute atomic E-state index is 0.328. The molecule has 0 aromatic rings. The number of likely N-dealkylation sites (tertiary alicyclic amines) is 1. The minimum Gasteiger partial charge on any atom is -0.368 e. The normalized spacial score (nSPS) is 40.5. The zero-order chi connectivity index (χ0) is 7.03. The van der Waals surface area contributed by atoms with Gasteiger partial charge in [0.25, 0.3) is 0 Å². The van der Waals surface area contributed by atoms with E-state index in [1.54, 1.807) is 0 Å². The number of hydrogen-bond donors (Lipinski definition) is 0. The molecular formula is C8H15NO. The summed E-state index contributed by atoms with van der Waals surface area (Å²) >= 11 is 0. The van der Waals surface area contributed by atoms with Gasteiger partial charge in [-0.15, -0.1) is 0 Å². The zero-order valence-corrected chi connectivity index (χ0v) is 6.60. The summed E-state index contributed by atoms with van der Waals surface area (Å²) in [5.74, 6) is 0. The maximum absolute atomic E-state index is 5.43. The van der Waals surface area contributed by atoms with Crippen molar-refractivity contribution in [1.82, 2.24) is 4.90 Å². The van der Waals surface area contributed by atoms with Gasteiger partial charge in [0.1, 0.15) is 5.60 Å². The van der Waals surface area contributed by atoms with Crippen molar-refractivity contribution in [1.29, 1.82) is 0 Å². The number of hydrogen-bond acceptors (Lipinski definition) is 2. The van der Waals surface area contributed by atoms with E-state index in [2.05, 4.69) is 11.8 Å². The molecule has 0 aromatic heterocycles. The smallest absolute Gasteiger partial charge is 0.104 e. The lowest BCUT2D eigenvalue weighted by Gasteiger charge is -2.29. The van der Waals surface area contributed by atoms with Crippen molar-refractivity contribution >= 4 is 0 Å². The lowest BCUT2D eigenvalue weighted by atomic mass is 9.99. The van der Waals surface area contributed by atoms with Crippen LogP contribution in [0.2, 0.25) is 0 Å². The Morgan fingerprint density at radius 1 is 1.60 bits per heavy atom. The molecule has 1 spiro atoms. The molecule has 2 heterocycles. The van der Waals surface area contributed by atoms with Gasteiger partial charge in [-0.1, -0.05) is 6.92 Å². The van der Waals surface area contributed by atoms with Gasteiger partial charge in [0.15, 0.2) is 0 Å². The first-order valence-electron chi connectivity index (χ1n) is 4.21. The molecule has 2 fully saturated rings. The summed E-state index contributed by atoms with van der Waals surface area (Å²) in [4.78, 5) is 2.48. The molecule has 2 aliphatic heterocycles. The Hall–Kier alpha value is -0.0800. The monoisotopic (exact) mass is 141 g/mol. The molecule has 2 nitrogen and oxygen atoms in total. The van der Waals surface area contributed by atoms with E-state index in [9.17, 15) is 0 Å². The van der Waals surface area contributed by atoms with Crippen LogP contribution in [-0.2, 0) is 4.74 Å². The van der Waals surface area contributed by atoms with Crippen LogP contribution in [0.4, 0.5) is 0 Å². The molecule has 0 radical (unpaired) electrons. The summed E-state index contributed by atoms with van der Waals surface area (Å²) in [6.07, 6.45) is 2.62. The molecule has 10 heavy (non-hydrogen) atoms. The van der Waals surface area contributed by atoms with Crippen LogP contribution in [0.15, 0.2) is 0 Å². The van der Waals surface area contributed by atoms with Crippen LogP contribution in [0.5, 0.6) is 0 Å². The largest absolute Gasteiger partial charge is 0.368 e. The number of nitrogens with zero attached hydrogens (tertiary/aromatic N) is 1. The Bertz CT molecular complexity index is 131. The molecule has 0 saturated carbocycles. The standard InChI is InChI=1S/C8H15NO/c1-2-9-5-3-4-8(6-9)7-10-8/h2-7H2,1H3. The fourth-order valence-corrected chi connectivity index (χ4v) is 1.80. The van der Waals surface area contributed by atoms with E-state index in [-0.39, 0.29) is 0 Å². The Labute approximate surface area is 62.2 Å². The molecule has 0 aliphatic carbocycles. The Kier molecular flexibility index (Phi) is 1.46. The Balaban J connectivity index is 1.91. The van der Waals surface area contributed by atoms with Crippen molar-refractivity contribution in [3.05, 3.63) is 0 Å². The molecule has 1 unspecified atom stereocenters. The van der Waals surface area contributed by atoms with Crippen LogP contribution in [0.25, 0.3) is 0 Å². The summed E-state index contributed by atoms with van der Waals surface area (Å²) in [6.45, 7) is 6.89. The van der Waals surface area contributed by atoms with Gasteiger partial charge >= 0.3 is 0 Å². The van der Waals surface area contributed by atoms with Gasteiger partial charge in [0, 0.05) is 6.54 Å². The van der Waals surface area contributed by atoms with Crippen molar-refractivity contribution in [3.8, 4) is 0 Å². The predicted molar refractivity (Wildman–Crippen MR) is 40.0 cm³/mol. The average Bonchev–Trinajstić information content (AvgIpc) is 2.70. The van der Waals surface area contributed by atoms with Gasteiger partial charge in [0.2, 0.25) is 0 Å². The molecule has 0 bridgehead atoms. The zero-order valence-electron chi connectivity index (χ0n) is 6.60. The average molecular weight is 141 g/mol. The highest BCUT2D eigenvalue weighted by Gasteiger charge is 2.46. The van der Waals surface area contributed by atoms with E-state index in [0.29, 0.717) is 5.60 Å². The Morgan fingerprint density at radius 3 is 3.00 bits per heavy atom. The first kappa shape index (κ1) is 6.62. The van der Waals surface area contributed by atoms with Gasteiger partial charge < -0.3 is 9.64 Å². The van der Waals surface area contributed by atoms with Crippen molar-refractivity contribution in [2.24, 2.45) is 0 Å². The fraction of sp³-hybridized carbons (Fsp3) is 1.00. The molecule has 2 aliphatic rings. The number of likely N-dealkylation sites (N-methyl/N-ethyl adjacent to an activating group) is 1. The van der Waals surface area contributed by atoms with E-state index < -0.39 is 0 Å². The van der Waals surface area contributed by atoms with Crippen LogP contribution >= 0.6 is 0 Å². The first-order valence-corrected chi connectivity index (χ1v) is 4.21. The third kappa shape index (κ3) is 1.06. The summed E-state index contributed by atoms with van der Waals surface area (Å²) in [5, 5.41) is 0. The van der Waals surface area contributed by atoms with Crippen LogP contribution in [0.3, 0.4) is 0 Å². The number of piperidine rings is 1. The fourth-order valence-electron chi connectivity index (χ4n) is 1.80. The number of rotatable bonds is 1. The van der Waals surface area contributed by atoms with E-state index in [1.807, 2.05) is 0 Å². The maximum atomic E-state index is 5.43. The van der Waals surface area contributed by atoms with Crippen molar-refractivity contribution in [2.75, 3.05) is 26.2 Å². The van der Waals surface area contributed by atoms with Gasteiger partial charge in [-0.25, -0.2) is 0 Å². The number of ether oxygens (including phenoxy) is 1. The van der Waals surface area contributed by atoms with E-state index in [0.717, 1.165) is 6.61 Å². The molecule has 0 N–H and O–H groups in total. The molecular weight excluding hydrogens is 126 g/mol. The summed E-state index contributed by atoms with van der Waals surface area (Å²) in [5.41, 5.74) is 0.328. The third-order valence-corrected chi connectivity index (χ3v) is 2.62. The third-order valence-electron chi connectivity index (χ3n) is 2.62. The molecule has 2 saturated heterocycles. The second-order valence-electron chi connectivity index (χ2n) is 3.44. The molecule has 58 valence electrons. The van der Waals surface area contributed by atoms with Gasteiger partial charge in [-0.3, -0.25) is 0 Å². The second-order valence-corrected chi connectivity index (χ2v) is 3.44. The molecule has 0 aromatic carbocycles. The van der Waals surface area contributed by atoms with Crippen molar-refractivity contribution < 1.29 is 4.74 Å². The van der Waals surface area contributed by atoms with E-state index in [4.69, 9.17) is 4.74 Å². The summed E-state index contributed by atoms with van der Waals surface area (Å²) < 4.78 is 5.43. The van der Waals surface area contributed by atoms with Gasteiger partial charge in [-0.05, 0) is 25.9 Å². The van der Waals surface area contributed by atoms with E-state index in [1.165, 1.54) is 32.5 Å². The quantitative estimate of drug-likeness (QED) is 0.504.